The summed E-state index contributed by atoms with van der Waals surface area (Å²) in [5, 5.41) is 9.45. The molecule has 3 heterocycles. The third kappa shape index (κ3) is 3.07. The van der Waals surface area contributed by atoms with Crippen LogP contribution in [0.1, 0.15) is 16.1 Å². The molecule has 21 heavy (non-hydrogen) atoms. The fourth-order valence-electron chi connectivity index (χ4n) is 1.88. The third-order valence-corrected chi connectivity index (χ3v) is 5.18. The molecule has 0 spiro atoms. The number of hydrogen-bond acceptors (Lipinski definition) is 5. The van der Waals surface area contributed by atoms with E-state index in [9.17, 15) is 4.79 Å². The summed E-state index contributed by atoms with van der Waals surface area (Å²) in [5.41, 5.74) is 2.13. The van der Waals surface area contributed by atoms with Crippen LogP contribution in [0.15, 0.2) is 27.5 Å². The molecule has 1 N–H and O–H groups in total. The monoisotopic (exact) mass is 382 g/mol. The van der Waals surface area contributed by atoms with Crippen molar-refractivity contribution in [1.29, 1.82) is 0 Å². The van der Waals surface area contributed by atoms with Gasteiger partial charge in [0.2, 0.25) is 0 Å². The highest BCUT2D eigenvalue weighted by molar-refractivity contribution is 9.11. The summed E-state index contributed by atoms with van der Waals surface area (Å²) in [7, 11) is 1.79. The minimum Gasteiger partial charge on any atom is -0.296 e. The van der Waals surface area contributed by atoms with Crippen LogP contribution in [0.25, 0.3) is 10.6 Å². The van der Waals surface area contributed by atoms with Crippen molar-refractivity contribution in [3.8, 4) is 10.6 Å². The van der Waals surface area contributed by atoms with Gasteiger partial charge in [-0.2, -0.15) is 5.10 Å². The van der Waals surface area contributed by atoms with Crippen LogP contribution in [0.5, 0.6) is 0 Å². The van der Waals surface area contributed by atoms with Gasteiger partial charge in [-0.25, -0.2) is 4.98 Å². The Labute approximate surface area is 137 Å². The van der Waals surface area contributed by atoms with Crippen LogP contribution in [0.3, 0.4) is 0 Å². The number of anilines is 1. The number of hydrogen-bond donors (Lipinski definition) is 1. The van der Waals surface area contributed by atoms with Gasteiger partial charge in [-0.15, -0.1) is 22.7 Å². The van der Waals surface area contributed by atoms with E-state index in [0.29, 0.717) is 10.8 Å². The van der Waals surface area contributed by atoms with Crippen molar-refractivity contribution in [2.75, 3.05) is 5.32 Å². The Morgan fingerprint density at radius 3 is 2.86 bits per heavy atom. The molecule has 108 valence electrons. The fraction of sp³-hybridized carbons (Fsp3) is 0.154. The lowest BCUT2D eigenvalue weighted by Gasteiger charge is -1.98. The zero-order valence-electron chi connectivity index (χ0n) is 11.3. The van der Waals surface area contributed by atoms with Gasteiger partial charge in [-0.05, 0) is 35.0 Å². The van der Waals surface area contributed by atoms with Gasteiger partial charge in [-0.3, -0.25) is 14.8 Å². The largest absolute Gasteiger partial charge is 0.296 e. The molecule has 0 aromatic carbocycles. The van der Waals surface area contributed by atoms with Gasteiger partial charge in [0.15, 0.2) is 10.8 Å². The molecule has 0 aliphatic rings. The number of thiophene rings is 1. The predicted molar refractivity (Wildman–Crippen MR) is 89.0 cm³/mol. The molecule has 0 saturated carbocycles. The molecule has 0 aliphatic carbocycles. The summed E-state index contributed by atoms with van der Waals surface area (Å²) >= 11 is 6.44. The summed E-state index contributed by atoms with van der Waals surface area (Å²) in [6.45, 7) is 1.86. The van der Waals surface area contributed by atoms with E-state index in [2.05, 4.69) is 31.3 Å². The van der Waals surface area contributed by atoms with Crippen LogP contribution in [0, 0.1) is 6.92 Å². The summed E-state index contributed by atoms with van der Waals surface area (Å²) in [6.07, 6.45) is 1.81. The highest BCUT2D eigenvalue weighted by Crippen LogP contribution is 2.33. The van der Waals surface area contributed by atoms with Crippen LogP contribution < -0.4 is 5.32 Å². The molecule has 8 heteroatoms. The Bertz CT molecular complexity index is 805. The lowest BCUT2D eigenvalue weighted by Crippen LogP contribution is -2.13. The van der Waals surface area contributed by atoms with E-state index in [-0.39, 0.29) is 5.91 Å². The van der Waals surface area contributed by atoms with Crippen LogP contribution in [0.2, 0.25) is 0 Å². The second kappa shape index (κ2) is 5.70. The number of carbonyl (C=O) groups is 1. The molecule has 0 saturated heterocycles. The summed E-state index contributed by atoms with van der Waals surface area (Å²) in [6, 6.07) is 3.98. The maximum absolute atomic E-state index is 12.2. The van der Waals surface area contributed by atoms with Gasteiger partial charge in [-0.1, -0.05) is 0 Å². The van der Waals surface area contributed by atoms with Crippen LogP contribution in [-0.2, 0) is 7.05 Å². The number of aromatic nitrogens is 3. The number of aryl methyl sites for hydroxylation is 2. The standard InChI is InChI=1S/C13H11BrN4OS2/c1-7-5-18(2)17-11(7)12(19)16-13-15-8(6-20-13)9-3-4-10(14)21-9/h3-6H,1-2H3,(H,15,16,19). The van der Waals surface area contributed by atoms with Crippen molar-refractivity contribution in [3.63, 3.8) is 0 Å². The molecule has 3 aromatic heterocycles. The summed E-state index contributed by atoms with van der Waals surface area (Å²) in [5.74, 6) is -0.235. The first-order valence-corrected chi connectivity index (χ1v) is 8.54. The van der Waals surface area contributed by atoms with Gasteiger partial charge in [0.1, 0.15) is 0 Å². The van der Waals surface area contributed by atoms with Gasteiger partial charge < -0.3 is 0 Å². The number of halogens is 1. The number of amides is 1. The first-order chi connectivity index (χ1) is 10.0. The van der Waals surface area contributed by atoms with Gasteiger partial charge in [0, 0.05) is 24.2 Å². The molecule has 3 rings (SSSR count). The van der Waals surface area contributed by atoms with E-state index in [1.54, 1.807) is 23.1 Å². The number of thiazole rings is 1. The Balaban J connectivity index is 1.78. The second-order valence-corrected chi connectivity index (χ2v) is 7.75. The lowest BCUT2D eigenvalue weighted by molar-refractivity contribution is 0.102. The topological polar surface area (TPSA) is 59.8 Å². The SMILES string of the molecule is Cc1cn(C)nc1C(=O)Nc1nc(-c2ccc(Br)s2)cs1. The quantitative estimate of drug-likeness (QED) is 0.746. The molecule has 3 aromatic rings. The molecule has 1 amide bonds. The zero-order valence-corrected chi connectivity index (χ0v) is 14.5. The van der Waals surface area contributed by atoms with E-state index >= 15 is 0 Å². The van der Waals surface area contributed by atoms with E-state index in [1.165, 1.54) is 11.3 Å². The van der Waals surface area contributed by atoms with Crippen LogP contribution in [-0.4, -0.2) is 20.7 Å². The molecule has 0 fully saturated rings. The van der Waals surface area contributed by atoms with Crippen molar-refractivity contribution in [3.05, 3.63) is 38.8 Å². The molecule has 0 unspecified atom stereocenters. The maximum Gasteiger partial charge on any atom is 0.278 e. The first-order valence-electron chi connectivity index (χ1n) is 6.06. The Morgan fingerprint density at radius 2 is 2.24 bits per heavy atom. The lowest BCUT2D eigenvalue weighted by atomic mass is 10.3. The smallest absolute Gasteiger partial charge is 0.278 e. The van der Waals surface area contributed by atoms with Crippen LogP contribution in [0.4, 0.5) is 5.13 Å². The molecule has 0 atom stereocenters. The predicted octanol–water partition coefficient (Wildman–Crippen LogP) is 3.93. The van der Waals surface area contributed by atoms with Gasteiger partial charge >= 0.3 is 0 Å². The third-order valence-electron chi connectivity index (χ3n) is 2.78. The highest BCUT2D eigenvalue weighted by atomic mass is 79.9. The van der Waals surface area contributed by atoms with E-state index in [0.717, 1.165) is 19.9 Å². The number of nitrogens with one attached hydrogen (secondary N) is 1. The number of nitrogens with zero attached hydrogens (tertiary/aromatic N) is 3. The van der Waals surface area contributed by atoms with E-state index in [4.69, 9.17) is 0 Å². The number of rotatable bonds is 3. The fourth-order valence-corrected chi connectivity index (χ4v) is 4.01. The Hall–Kier alpha value is -1.51. The molecule has 0 bridgehead atoms. The Kier molecular flexibility index (Phi) is 3.92. The van der Waals surface area contributed by atoms with Crippen LogP contribution >= 0.6 is 38.6 Å². The summed E-state index contributed by atoms with van der Waals surface area (Å²) in [4.78, 5) is 17.7. The van der Waals surface area contributed by atoms with Crippen molar-refractivity contribution in [1.82, 2.24) is 14.8 Å². The number of carbonyl (C=O) groups excluding carboxylic acids is 1. The van der Waals surface area contributed by atoms with Crippen molar-refractivity contribution < 1.29 is 4.79 Å². The average molecular weight is 383 g/mol. The minimum absolute atomic E-state index is 0.235. The second-order valence-electron chi connectivity index (χ2n) is 4.43. The minimum atomic E-state index is -0.235. The highest BCUT2D eigenvalue weighted by Gasteiger charge is 2.15. The van der Waals surface area contributed by atoms with Gasteiger partial charge in [0.05, 0.1) is 14.4 Å². The van der Waals surface area contributed by atoms with Crippen molar-refractivity contribution in [2.24, 2.45) is 7.05 Å². The van der Waals surface area contributed by atoms with E-state index in [1.807, 2.05) is 30.6 Å². The first kappa shape index (κ1) is 14.4. The average Bonchev–Trinajstić information content (AvgIpc) is 3.10. The molecule has 0 radical (unpaired) electrons. The summed E-state index contributed by atoms with van der Waals surface area (Å²) < 4.78 is 2.68. The normalized spacial score (nSPS) is 10.8. The zero-order chi connectivity index (χ0) is 15.0. The van der Waals surface area contributed by atoms with Gasteiger partial charge in [0.25, 0.3) is 5.91 Å². The molecule has 0 aliphatic heterocycles. The van der Waals surface area contributed by atoms with E-state index < -0.39 is 0 Å². The molecular weight excluding hydrogens is 372 g/mol. The van der Waals surface area contributed by atoms with Crippen molar-refractivity contribution in [2.45, 2.75) is 6.92 Å². The maximum atomic E-state index is 12.2. The van der Waals surface area contributed by atoms with Crippen molar-refractivity contribution >= 4 is 49.6 Å². The molecule has 5 nitrogen and oxygen atoms in total. The Morgan fingerprint density at radius 1 is 1.43 bits per heavy atom. The molecular formula is C13H11BrN4OS2.